The van der Waals surface area contributed by atoms with Crippen LogP contribution in [0.3, 0.4) is 0 Å². The fourth-order valence-corrected chi connectivity index (χ4v) is 1.87. The lowest BCUT2D eigenvalue weighted by molar-refractivity contribution is 0.415. The van der Waals surface area contributed by atoms with Gasteiger partial charge in [0.15, 0.2) is 0 Å². The van der Waals surface area contributed by atoms with E-state index >= 15 is 0 Å². The van der Waals surface area contributed by atoms with E-state index in [-0.39, 0.29) is 6.04 Å². The Balaban J connectivity index is 2.11. The van der Waals surface area contributed by atoms with Crippen molar-refractivity contribution in [3.05, 3.63) is 54.1 Å². The van der Waals surface area contributed by atoms with Gasteiger partial charge in [-0.3, -0.25) is 0 Å². The second-order valence-corrected chi connectivity index (χ2v) is 4.15. The van der Waals surface area contributed by atoms with Crippen molar-refractivity contribution in [1.82, 2.24) is 0 Å². The molecule has 0 aliphatic heterocycles. The monoisotopic (exact) mass is 243 g/mol. The van der Waals surface area contributed by atoms with Crippen LogP contribution in [0.2, 0.25) is 0 Å². The maximum absolute atomic E-state index is 9.78. The van der Waals surface area contributed by atoms with Crippen LogP contribution in [0.1, 0.15) is 18.5 Å². The van der Waals surface area contributed by atoms with Gasteiger partial charge in [0, 0.05) is 11.3 Å². The van der Waals surface area contributed by atoms with Crippen LogP contribution in [0.5, 0.6) is 11.5 Å². The number of aromatic hydroxyl groups is 1. The van der Waals surface area contributed by atoms with Crippen LogP contribution in [0.25, 0.3) is 0 Å². The Morgan fingerprint density at radius 3 is 2.33 bits per heavy atom. The van der Waals surface area contributed by atoms with Gasteiger partial charge < -0.3 is 15.2 Å². The van der Waals surface area contributed by atoms with E-state index < -0.39 is 0 Å². The molecular formula is C15H17NO2. The molecule has 94 valence electrons. The Bertz CT molecular complexity index is 508. The van der Waals surface area contributed by atoms with Crippen molar-refractivity contribution in [2.24, 2.45) is 0 Å². The molecule has 18 heavy (non-hydrogen) atoms. The van der Waals surface area contributed by atoms with E-state index in [0.717, 1.165) is 17.0 Å². The summed E-state index contributed by atoms with van der Waals surface area (Å²) in [7, 11) is 1.65. The van der Waals surface area contributed by atoms with Gasteiger partial charge in [-0.2, -0.15) is 0 Å². The van der Waals surface area contributed by atoms with Gasteiger partial charge in [0.1, 0.15) is 11.5 Å². The van der Waals surface area contributed by atoms with Gasteiger partial charge in [0.25, 0.3) is 0 Å². The van der Waals surface area contributed by atoms with Crippen LogP contribution < -0.4 is 10.1 Å². The minimum atomic E-state index is 0.0413. The van der Waals surface area contributed by atoms with Crippen LogP contribution in [0.4, 0.5) is 5.69 Å². The molecular weight excluding hydrogens is 226 g/mol. The van der Waals surface area contributed by atoms with E-state index in [9.17, 15) is 5.11 Å². The number of hydrogen-bond donors (Lipinski definition) is 2. The maximum atomic E-state index is 9.78. The smallest absolute Gasteiger partial charge is 0.120 e. The number of phenols is 1. The van der Waals surface area contributed by atoms with E-state index in [1.165, 1.54) is 0 Å². The molecule has 0 aliphatic rings. The summed E-state index contributed by atoms with van der Waals surface area (Å²) in [5.74, 6) is 1.14. The first-order chi connectivity index (χ1) is 8.70. The number of para-hydroxylation sites is 1. The van der Waals surface area contributed by atoms with Gasteiger partial charge in [-0.05, 0) is 37.3 Å². The quantitative estimate of drug-likeness (QED) is 0.862. The lowest BCUT2D eigenvalue weighted by Gasteiger charge is -2.17. The van der Waals surface area contributed by atoms with Gasteiger partial charge >= 0.3 is 0 Å². The Labute approximate surface area is 107 Å². The van der Waals surface area contributed by atoms with Crippen molar-refractivity contribution in [2.75, 3.05) is 12.4 Å². The fourth-order valence-electron chi connectivity index (χ4n) is 1.87. The largest absolute Gasteiger partial charge is 0.508 e. The third-order valence-corrected chi connectivity index (χ3v) is 2.88. The Morgan fingerprint density at radius 2 is 1.72 bits per heavy atom. The summed E-state index contributed by atoms with van der Waals surface area (Å²) in [6.45, 7) is 2.01. The molecule has 0 saturated carbocycles. The highest BCUT2D eigenvalue weighted by Crippen LogP contribution is 2.27. The van der Waals surface area contributed by atoms with Crippen molar-refractivity contribution in [3.63, 3.8) is 0 Å². The molecule has 0 bridgehead atoms. The van der Waals surface area contributed by atoms with E-state index in [2.05, 4.69) is 5.32 Å². The summed E-state index contributed by atoms with van der Waals surface area (Å²) in [5.41, 5.74) is 1.87. The van der Waals surface area contributed by atoms with E-state index in [1.807, 2.05) is 49.4 Å². The Kier molecular flexibility index (Phi) is 3.72. The van der Waals surface area contributed by atoms with E-state index in [0.29, 0.717) is 5.75 Å². The normalized spacial score (nSPS) is 11.9. The molecule has 0 radical (unpaired) electrons. The zero-order valence-electron chi connectivity index (χ0n) is 10.6. The minimum Gasteiger partial charge on any atom is -0.508 e. The Hall–Kier alpha value is -2.16. The summed E-state index contributed by atoms with van der Waals surface area (Å²) in [4.78, 5) is 0. The SMILES string of the molecule is COc1ccc(NC(C)c2ccccc2O)cc1. The van der Waals surface area contributed by atoms with Gasteiger partial charge in [0.2, 0.25) is 0 Å². The second kappa shape index (κ2) is 5.45. The van der Waals surface area contributed by atoms with E-state index in [4.69, 9.17) is 4.74 Å². The van der Waals surface area contributed by atoms with Gasteiger partial charge in [-0.1, -0.05) is 18.2 Å². The topological polar surface area (TPSA) is 41.5 Å². The van der Waals surface area contributed by atoms with Crippen LogP contribution in [-0.2, 0) is 0 Å². The zero-order valence-corrected chi connectivity index (χ0v) is 10.6. The standard InChI is InChI=1S/C15H17NO2/c1-11(14-5-3-4-6-15(14)17)16-12-7-9-13(18-2)10-8-12/h3-11,16-17H,1-2H3. The highest BCUT2D eigenvalue weighted by molar-refractivity contribution is 5.49. The Morgan fingerprint density at radius 1 is 1.06 bits per heavy atom. The first kappa shape index (κ1) is 12.3. The zero-order chi connectivity index (χ0) is 13.0. The summed E-state index contributed by atoms with van der Waals surface area (Å²) in [6.07, 6.45) is 0. The number of hydrogen-bond acceptors (Lipinski definition) is 3. The summed E-state index contributed by atoms with van der Waals surface area (Å²) in [5, 5.41) is 13.1. The third kappa shape index (κ3) is 2.74. The number of rotatable bonds is 4. The minimum absolute atomic E-state index is 0.0413. The number of methoxy groups -OCH3 is 1. The molecule has 1 unspecified atom stereocenters. The second-order valence-electron chi connectivity index (χ2n) is 4.15. The number of phenolic OH excluding ortho intramolecular Hbond substituents is 1. The van der Waals surface area contributed by atoms with Crippen molar-refractivity contribution in [2.45, 2.75) is 13.0 Å². The average molecular weight is 243 g/mol. The lowest BCUT2D eigenvalue weighted by atomic mass is 10.1. The van der Waals surface area contributed by atoms with Crippen molar-refractivity contribution in [3.8, 4) is 11.5 Å². The molecule has 0 saturated heterocycles. The van der Waals surface area contributed by atoms with Crippen LogP contribution in [-0.4, -0.2) is 12.2 Å². The molecule has 0 fully saturated rings. The van der Waals surface area contributed by atoms with Crippen LogP contribution in [0, 0.1) is 0 Å². The number of anilines is 1. The maximum Gasteiger partial charge on any atom is 0.120 e. The molecule has 2 rings (SSSR count). The number of ether oxygens (including phenoxy) is 1. The van der Waals surface area contributed by atoms with Crippen LogP contribution >= 0.6 is 0 Å². The molecule has 3 heteroatoms. The number of nitrogens with one attached hydrogen (secondary N) is 1. The first-order valence-electron chi connectivity index (χ1n) is 5.89. The molecule has 0 aliphatic carbocycles. The predicted octanol–water partition coefficient (Wildman–Crippen LogP) is 3.57. The van der Waals surface area contributed by atoms with Gasteiger partial charge in [-0.25, -0.2) is 0 Å². The summed E-state index contributed by atoms with van der Waals surface area (Å²) >= 11 is 0. The van der Waals surface area contributed by atoms with Crippen molar-refractivity contribution < 1.29 is 9.84 Å². The van der Waals surface area contributed by atoms with Crippen LogP contribution in [0.15, 0.2) is 48.5 Å². The molecule has 0 aromatic heterocycles. The molecule has 2 aromatic rings. The van der Waals surface area contributed by atoms with Crippen molar-refractivity contribution >= 4 is 5.69 Å². The lowest BCUT2D eigenvalue weighted by Crippen LogP contribution is -2.06. The summed E-state index contributed by atoms with van der Waals surface area (Å²) < 4.78 is 5.11. The van der Waals surface area contributed by atoms with E-state index in [1.54, 1.807) is 13.2 Å². The third-order valence-electron chi connectivity index (χ3n) is 2.88. The van der Waals surface area contributed by atoms with Gasteiger partial charge in [-0.15, -0.1) is 0 Å². The molecule has 0 heterocycles. The predicted molar refractivity (Wildman–Crippen MR) is 73.1 cm³/mol. The molecule has 1 atom stereocenters. The highest BCUT2D eigenvalue weighted by atomic mass is 16.5. The molecule has 0 amide bonds. The summed E-state index contributed by atoms with van der Waals surface area (Å²) in [6, 6.07) is 15.1. The average Bonchev–Trinajstić information content (AvgIpc) is 2.40. The molecule has 0 spiro atoms. The molecule has 2 aromatic carbocycles. The first-order valence-corrected chi connectivity index (χ1v) is 5.89. The molecule has 3 nitrogen and oxygen atoms in total. The fraction of sp³-hybridized carbons (Fsp3) is 0.200. The highest BCUT2D eigenvalue weighted by Gasteiger charge is 2.09. The van der Waals surface area contributed by atoms with Crippen molar-refractivity contribution in [1.29, 1.82) is 0 Å². The molecule has 2 N–H and O–H groups in total. The van der Waals surface area contributed by atoms with Gasteiger partial charge in [0.05, 0.1) is 13.2 Å². The number of benzene rings is 2.